The fourth-order valence-electron chi connectivity index (χ4n) is 1.66. The Labute approximate surface area is 104 Å². The fraction of sp³-hybridized carbons (Fsp3) is 0.250. The molecule has 0 aliphatic carbocycles. The summed E-state index contributed by atoms with van der Waals surface area (Å²) in [5.74, 6) is 0.876. The summed E-state index contributed by atoms with van der Waals surface area (Å²) in [5, 5.41) is 13.9. The number of hydrogen-bond acceptors (Lipinski definition) is 4. The number of non-ortho nitro benzene ring substituents is 1. The number of nitro benzene ring substituents is 1. The maximum absolute atomic E-state index is 10.7. The maximum atomic E-state index is 10.7. The molecule has 0 fully saturated rings. The molecule has 0 aliphatic rings. The number of nitro groups is 1. The summed E-state index contributed by atoms with van der Waals surface area (Å²) in [6.07, 6.45) is 3.58. The Kier molecular flexibility index (Phi) is 3.27. The van der Waals surface area contributed by atoms with Gasteiger partial charge in [-0.2, -0.15) is 0 Å². The molecular formula is C12H14N4O2. The van der Waals surface area contributed by atoms with E-state index in [0.717, 1.165) is 17.1 Å². The highest BCUT2D eigenvalue weighted by Gasteiger charge is 2.08. The molecule has 0 bridgehead atoms. The van der Waals surface area contributed by atoms with E-state index in [-0.39, 0.29) is 5.69 Å². The number of rotatable bonds is 4. The molecule has 0 radical (unpaired) electrons. The molecule has 0 amide bonds. The van der Waals surface area contributed by atoms with Crippen LogP contribution in [0, 0.1) is 17.0 Å². The topological polar surface area (TPSA) is 73.0 Å². The van der Waals surface area contributed by atoms with Gasteiger partial charge in [0, 0.05) is 37.3 Å². The monoisotopic (exact) mass is 246 g/mol. The summed E-state index contributed by atoms with van der Waals surface area (Å²) in [4.78, 5) is 14.5. The largest absolute Gasteiger partial charge is 0.377 e. The van der Waals surface area contributed by atoms with E-state index < -0.39 is 4.92 Å². The van der Waals surface area contributed by atoms with Gasteiger partial charge in [-0.25, -0.2) is 4.98 Å². The molecule has 1 heterocycles. The lowest BCUT2D eigenvalue weighted by atomic mass is 10.2. The van der Waals surface area contributed by atoms with Gasteiger partial charge in [-0.1, -0.05) is 6.07 Å². The van der Waals surface area contributed by atoms with Crippen molar-refractivity contribution in [3.05, 3.63) is 52.1 Å². The maximum Gasteiger partial charge on any atom is 0.271 e. The van der Waals surface area contributed by atoms with Crippen LogP contribution in [-0.4, -0.2) is 14.5 Å². The lowest BCUT2D eigenvalue weighted by molar-refractivity contribution is -0.384. The molecular weight excluding hydrogens is 232 g/mol. The Balaban J connectivity index is 2.16. The van der Waals surface area contributed by atoms with E-state index in [1.54, 1.807) is 12.3 Å². The molecule has 0 spiro atoms. The van der Waals surface area contributed by atoms with Crippen molar-refractivity contribution in [2.45, 2.75) is 13.5 Å². The minimum atomic E-state index is -0.397. The standard InChI is InChI=1S/C12H14N4O2/c1-9-3-4-10(16(17)18)7-11(9)14-8-12-13-5-6-15(12)2/h3-7,14H,8H2,1-2H3. The average Bonchev–Trinajstić information content (AvgIpc) is 2.73. The van der Waals surface area contributed by atoms with Crippen LogP contribution in [0.15, 0.2) is 30.6 Å². The summed E-state index contributed by atoms with van der Waals surface area (Å²) in [5.41, 5.74) is 1.81. The molecule has 0 saturated carbocycles. The van der Waals surface area contributed by atoms with Crippen LogP contribution in [0.3, 0.4) is 0 Å². The minimum absolute atomic E-state index is 0.0861. The van der Waals surface area contributed by atoms with Gasteiger partial charge >= 0.3 is 0 Å². The zero-order valence-electron chi connectivity index (χ0n) is 10.3. The number of aryl methyl sites for hydroxylation is 2. The van der Waals surface area contributed by atoms with Crippen molar-refractivity contribution in [3.8, 4) is 0 Å². The highest BCUT2D eigenvalue weighted by molar-refractivity contribution is 5.56. The quantitative estimate of drug-likeness (QED) is 0.663. The SMILES string of the molecule is Cc1ccc([N+](=O)[O-])cc1NCc1nccn1C. The second-order valence-electron chi connectivity index (χ2n) is 4.06. The summed E-state index contributed by atoms with van der Waals surface area (Å²) in [6.45, 7) is 2.44. The summed E-state index contributed by atoms with van der Waals surface area (Å²) < 4.78 is 1.90. The van der Waals surface area contributed by atoms with Gasteiger partial charge in [0.15, 0.2) is 0 Å². The minimum Gasteiger partial charge on any atom is -0.377 e. The van der Waals surface area contributed by atoms with E-state index in [0.29, 0.717) is 6.54 Å². The zero-order chi connectivity index (χ0) is 13.1. The van der Waals surface area contributed by atoms with E-state index in [2.05, 4.69) is 10.3 Å². The van der Waals surface area contributed by atoms with Gasteiger partial charge in [-0.15, -0.1) is 0 Å². The predicted molar refractivity (Wildman–Crippen MR) is 68.4 cm³/mol. The number of nitrogens with one attached hydrogen (secondary N) is 1. The highest BCUT2D eigenvalue weighted by Crippen LogP contribution is 2.22. The van der Waals surface area contributed by atoms with Crippen LogP contribution in [0.2, 0.25) is 0 Å². The third kappa shape index (κ3) is 2.48. The molecule has 0 aliphatic heterocycles. The lowest BCUT2D eigenvalue weighted by Crippen LogP contribution is -2.06. The highest BCUT2D eigenvalue weighted by atomic mass is 16.6. The lowest BCUT2D eigenvalue weighted by Gasteiger charge is -2.09. The third-order valence-electron chi connectivity index (χ3n) is 2.79. The molecule has 6 nitrogen and oxygen atoms in total. The van der Waals surface area contributed by atoms with Crippen LogP contribution < -0.4 is 5.32 Å². The van der Waals surface area contributed by atoms with E-state index in [4.69, 9.17) is 0 Å². The number of anilines is 1. The molecule has 2 aromatic rings. The Bertz CT molecular complexity index is 577. The van der Waals surface area contributed by atoms with Crippen molar-refractivity contribution >= 4 is 11.4 Å². The second-order valence-corrected chi connectivity index (χ2v) is 4.06. The van der Waals surface area contributed by atoms with Gasteiger partial charge < -0.3 is 9.88 Å². The number of benzene rings is 1. The fourth-order valence-corrected chi connectivity index (χ4v) is 1.66. The first-order valence-corrected chi connectivity index (χ1v) is 5.53. The van der Waals surface area contributed by atoms with Gasteiger partial charge in [-0.3, -0.25) is 10.1 Å². The number of nitrogens with zero attached hydrogens (tertiary/aromatic N) is 3. The second kappa shape index (κ2) is 4.87. The molecule has 6 heteroatoms. The molecule has 1 aromatic carbocycles. The average molecular weight is 246 g/mol. The van der Waals surface area contributed by atoms with Crippen molar-refractivity contribution in [3.63, 3.8) is 0 Å². The van der Waals surface area contributed by atoms with Crippen molar-refractivity contribution in [1.82, 2.24) is 9.55 Å². The summed E-state index contributed by atoms with van der Waals surface area (Å²) in [6, 6.07) is 4.78. The predicted octanol–water partition coefficient (Wildman–Crippen LogP) is 2.25. The van der Waals surface area contributed by atoms with Crippen LogP contribution in [0.5, 0.6) is 0 Å². The van der Waals surface area contributed by atoms with Crippen LogP contribution in [-0.2, 0) is 13.6 Å². The van der Waals surface area contributed by atoms with Gasteiger partial charge in [-0.05, 0) is 12.5 Å². The van der Waals surface area contributed by atoms with Gasteiger partial charge in [0.1, 0.15) is 5.82 Å². The van der Waals surface area contributed by atoms with Crippen LogP contribution in [0.4, 0.5) is 11.4 Å². The Morgan fingerprint density at radius 1 is 1.50 bits per heavy atom. The Morgan fingerprint density at radius 3 is 2.89 bits per heavy atom. The van der Waals surface area contributed by atoms with Crippen LogP contribution in [0.25, 0.3) is 0 Å². The van der Waals surface area contributed by atoms with Gasteiger partial charge in [0.05, 0.1) is 11.5 Å². The van der Waals surface area contributed by atoms with Crippen LogP contribution >= 0.6 is 0 Å². The molecule has 94 valence electrons. The van der Waals surface area contributed by atoms with Crippen molar-refractivity contribution < 1.29 is 4.92 Å². The van der Waals surface area contributed by atoms with Crippen LogP contribution in [0.1, 0.15) is 11.4 Å². The molecule has 18 heavy (non-hydrogen) atoms. The molecule has 0 saturated heterocycles. The molecule has 1 N–H and O–H groups in total. The van der Waals surface area contributed by atoms with Gasteiger partial charge in [0.25, 0.3) is 5.69 Å². The summed E-state index contributed by atoms with van der Waals surface area (Å²) >= 11 is 0. The van der Waals surface area contributed by atoms with Gasteiger partial charge in [0.2, 0.25) is 0 Å². The number of aromatic nitrogens is 2. The smallest absolute Gasteiger partial charge is 0.271 e. The molecule has 0 atom stereocenters. The molecule has 0 unspecified atom stereocenters. The third-order valence-corrected chi connectivity index (χ3v) is 2.79. The normalized spacial score (nSPS) is 10.3. The Hall–Kier alpha value is -2.37. The van der Waals surface area contributed by atoms with E-state index in [1.165, 1.54) is 12.1 Å². The first kappa shape index (κ1) is 12.1. The zero-order valence-corrected chi connectivity index (χ0v) is 10.3. The first-order chi connectivity index (χ1) is 8.58. The first-order valence-electron chi connectivity index (χ1n) is 5.53. The van der Waals surface area contributed by atoms with E-state index >= 15 is 0 Å². The molecule has 1 aromatic heterocycles. The number of imidazole rings is 1. The summed E-state index contributed by atoms with van der Waals surface area (Å²) in [7, 11) is 1.91. The Morgan fingerprint density at radius 2 is 2.28 bits per heavy atom. The van der Waals surface area contributed by atoms with Crippen molar-refractivity contribution in [2.24, 2.45) is 7.05 Å². The molecule has 2 rings (SSSR count). The van der Waals surface area contributed by atoms with Crippen molar-refractivity contribution in [2.75, 3.05) is 5.32 Å². The van der Waals surface area contributed by atoms with E-state index in [9.17, 15) is 10.1 Å². The van der Waals surface area contributed by atoms with Crippen molar-refractivity contribution in [1.29, 1.82) is 0 Å². The number of hydrogen-bond donors (Lipinski definition) is 1. The van der Waals surface area contributed by atoms with E-state index in [1.807, 2.05) is 24.7 Å².